The molecule has 30 heavy (non-hydrogen) atoms. The van der Waals surface area contributed by atoms with E-state index >= 15 is 0 Å². The quantitative estimate of drug-likeness (QED) is 0.735. The molecule has 2 atom stereocenters. The van der Waals surface area contributed by atoms with E-state index in [9.17, 15) is 14.0 Å². The highest BCUT2D eigenvalue weighted by Crippen LogP contribution is 2.37. The van der Waals surface area contributed by atoms with Gasteiger partial charge in [0.1, 0.15) is 5.82 Å². The highest BCUT2D eigenvalue weighted by atomic mass is 32.2. The summed E-state index contributed by atoms with van der Waals surface area (Å²) in [6.07, 6.45) is 0.836. The van der Waals surface area contributed by atoms with Crippen molar-refractivity contribution < 1.29 is 14.0 Å². The van der Waals surface area contributed by atoms with Gasteiger partial charge >= 0.3 is 0 Å². The van der Waals surface area contributed by atoms with Gasteiger partial charge in [0.15, 0.2) is 5.17 Å². The summed E-state index contributed by atoms with van der Waals surface area (Å²) in [5, 5.41) is 5.26. The third kappa shape index (κ3) is 4.37. The Morgan fingerprint density at radius 1 is 1.43 bits per heavy atom. The number of nitrogens with one attached hydrogen (secondary N) is 1. The molecule has 2 aromatic rings. The number of thiophene rings is 1. The maximum Gasteiger partial charge on any atom is 0.229 e. The monoisotopic (exact) mass is 446 g/mol. The van der Waals surface area contributed by atoms with Crippen LogP contribution in [0.15, 0.2) is 40.7 Å². The topological polar surface area (TPSA) is 87.8 Å². The first-order chi connectivity index (χ1) is 14.3. The van der Waals surface area contributed by atoms with E-state index in [0.29, 0.717) is 35.9 Å². The lowest BCUT2D eigenvalue weighted by Gasteiger charge is -2.30. The first-order valence-corrected chi connectivity index (χ1v) is 11.6. The van der Waals surface area contributed by atoms with Crippen molar-refractivity contribution in [2.24, 2.45) is 16.6 Å². The predicted molar refractivity (Wildman–Crippen MR) is 119 cm³/mol. The second kappa shape index (κ2) is 8.39. The molecule has 4 rings (SSSR count). The van der Waals surface area contributed by atoms with Crippen molar-refractivity contribution in [3.05, 3.63) is 52.0 Å². The molecule has 0 bridgehead atoms. The van der Waals surface area contributed by atoms with Gasteiger partial charge in [-0.3, -0.25) is 14.6 Å². The molecule has 0 saturated carbocycles. The van der Waals surface area contributed by atoms with E-state index in [2.05, 4.69) is 10.3 Å². The number of halogens is 1. The van der Waals surface area contributed by atoms with Crippen molar-refractivity contribution in [3.63, 3.8) is 0 Å². The first kappa shape index (κ1) is 20.9. The number of nitrogens with two attached hydrogens (primary N) is 1. The Kier molecular flexibility index (Phi) is 5.84. The maximum absolute atomic E-state index is 14.6. The summed E-state index contributed by atoms with van der Waals surface area (Å²) in [6, 6.07) is 8.42. The minimum absolute atomic E-state index is 0.0274. The average molecular weight is 447 g/mol. The zero-order chi connectivity index (χ0) is 21.3. The lowest BCUT2D eigenvalue weighted by Crippen LogP contribution is -2.30. The highest BCUT2D eigenvalue weighted by Gasteiger charge is 2.35. The lowest BCUT2D eigenvalue weighted by molar-refractivity contribution is -0.128. The van der Waals surface area contributed by atoms with Crippen LogP contribution < -0.4 is 11.1 Å². The second-order valence-corrected chi connectivity index (χ2v) is 9.91. The first-order valence-electron chi connectivity index (χ1n) is 9.73. The molecule has 1 aromatic heterocycles. The molecule has 2 aliphatic rings. The summed E-state index contributed by atoms with van der Waals surface area (Å²) < 4.78 is 14.6. The Labute approximate surface area is 182 Å². The largest absolute Gasteiger partial charge is 0.379 e. The van der Waals surface area contributed by atoms with Crippen LogP contribution >= 0.6 is 23.1 Å². The van der Waals surface area contributed by atoms with E-state index in [0.717, 1.165) is 10.6 Å². The van der Waals surface area contributed by atoms with E-state index in [1.807, 2.05) is 24.4 Å². The van der Waals surface area contributed by atoms with Crippen LogP contribution in [-0.2, 0) is 21.7 Å². The summed E-state index contributed by atoms with van der Waals surface area (Å²) >= 11 is 3.04. The molecule has 3 heterocycles. The van der Waals surface area contributed by atoms with Crippen molar-refractivity contribution in [2.45, 2.75) is 31.8 Å². The Bertz CT molecular complexity index is 995. The normalized spacial score (nSPS) is 24.1. The molecular formula is C21H23FN4O2S2. The summed E-state index contributed by atoms with van der Waals surface area (Å²) in [5.41, 5.74) is 6.00. The van der Waals surface area contributed by atoms with Crippen molar-refractivity contribution in [2.75, 3.05) is 17.6 Å². The van der Waals surface area contributed by atoms with Crippen LogP contribution in [0.2, 0.25) is 0 Å². The summed E-state index contributed by atoms with van der Waals surface area (Å²) in [4.78, 5) is 32.4. The molecule has 0 radical (unpaired) electrons. The Balaban J connectivity index is 1.46. The number of carbonyl (C=O) groups is 2. The SMILES string of the molecule is CC1(c2cc(NC(=O)C3CC(=O)N(Cc4cccs4)C3)ccc2F)CCSC(N)=N1. The molecule has 2 aliphatic heterocycles. The number of hydrogen-bond acceptors (Lipinski definition) is 6. The van der Waals surface area contributed by atoms with Crippen LogP contribution in [0.5, 0.6) is 0 Å². The van der Waals surface area contributed by atoms with Crippen LogP contribution in [0, 0.1) is 11.7 Å². The van der Waals surface area contributed by atoms with Gasteiger partial charge in [0.2, 0.25) is 11.8 Å². The number of aliphatic imine (C=N–C) groups is 1. The minimum atomic E-state index is -0.763. The molecule has 9 heteroatoms. The van der Waals surface area contributed by atoms with Crippen LogP contribution in [0.25, 0.3) is 0 Å². The number of thioether (sulfide) groups is 1. The Hall–Kier alpha value is -2.39. The van der Waals surface area contributed by atoms with Crippen molar-refractivity contribution in [3.8, 4) is 0 Å². The van der Waals surface area contributed by atoms with Gasteiger partial charge < -0.3 is 16.0 Å². The molecule has 1 aromatic carbocycles. The van der Waals surface area contributed by atoms with Gasteiger partial charge in [-0.1, -0.05) is 17.8 Å². The molecule has 3 N–H and O–H groups in total. The molecule has 158 valence electrons. The Morgan fingerprint density at radius 2 is 2.27 bits per heavy atom. The summed E-state index contributed by atoms with van der Waals surface area (Å²) in [5.74, 6) is -0.313. The fraction of sp³-hybridized carbons (Fsp3) is 0.381. The fourth-order valence-corrected chi connectivity index (χ4v) is 5.53. The van der Waals surface area contributed by atoms with Gasteiger partial charge in [-0.25, -0.2) is 4.39 Å². The zero-order valence-electron chi connectivity index (χ0n) is 16.6. The number of amidine groups is 1. The molecule has 0 spiro atoms. The van der Waals surface area contributed by atoms with Crippen molar-refractivity contribution in [1.82, 2.24) is 4.90 Å². The molecule has 1 fully saturated rings. The van der Waals surface area contributed by atoms with Gasteiger partial charge in [-0.15, -0.1) is 11.3 Å². The van der Waals surface area contributed by atoms with Crippen molar-refractivity contribution in [1.29, 1.82) is 0 Å². The third-order valence-corrected chi connectivity index (χ3v) is 7.18. The third-order valence-electron chi connectivity index (χ3n) is 5.52. The summed E-state index contributed by atoms with van der Waals surface area (Å²) in [7, 11) is 0. The van der Waals surface area contributed by atoms with Crippen molar-refractivity contribution >= 4 is 45.8 Å². The fourth-order valence-electron chi connectivity index (χ4n) is 3.83. The Morgan fingerprint density at radius 3 is 3.00 bits per heavy atom. The van der Waals surface area contributed by atoms with Crippen LogP contribution in [-0.4, -0.2) is 34.2 Å². The standard InChI is InChI=1S/C21H23FN4O2S2/c1-21(6-8-30-20(23)25-21)16-10-14(4-5-17(16)22)24-19(28)13-9-18(27)26(11-13)12-15-3-2-7-29-15/h2-5,7,10,13H,6,8-9,11-12H2,1H3,(H2,23,25)(H,24,28). The van der Waals surface area contributed by atoms with Gasteiger partial charge in [-0.2, -0.15) is 0 Å². The zero-order valence-corrected chi connectivity index (χ0v) is 18.2. The van der Waals surface area contributed by atoms with Gasteiger partial charge in [0.05, 0.1) is 18.0 Å². The van der Waals surface area contributed by atoms with Gasteiger partial charge in [-0.05, 0) is 43.0 Å². The van der Waals surface area contributed by atoms with Crippen LogP contribution in [0.3, 0.4) is 0 Å². The smallest absolute Gasteiger partial charge is 0.229 e. The van der Waals surface area contributed by atoms with E-state index < -0.39 is 11.5 Å². The maximum atomic E-state index is 14.6. The second-order valence-electron chi connectivity index (χ2n) is 7.76. The van der Waals surface area contributed by atoms with Gasteiger partial charge in [0, 0.05) is 34.8 Å². The molecule has 2 amide bonds. The van der Waals surface area contributed by atoms with E-state index in [-0.39, 0.29) is 24.1 Å². The molecular weight excluding hydrogens is 423 g/mol. The number of rotatable bonds is 5. The van der Waals surface area contributed by atoms with E-state index in [1.54, 1.807) is 22.3 Å². The minimum Gasteiger partial charge on any atom is -0.379 e. The number of likely N-dealkylation sites (tertiary alicyclic amines) is 1. The molecule has 0 aliphatic carbocycles. The lowest BCUT2D eigenvalue weighted by atomic mass is 9.89. The highest BCUT2D eigenvalue weighted by molar-refractivity contribution is 8.13. The number of carbonyl (C=O) groups excluding carboxylic acids is 2. The number of amides is 2. The van der Waals surface area contributed by atoms with E-state index in [1.165, 1.54) is 23.9 Å². The molecule has 6 nitrogen and oxygen atoms in total. The predicted octanol–water partition coefficient (Wildman–Crippen LogP) is 3.54. The number of nitrogens with zero attached hydrogens (tertiary/aromatic N) is 2. The number of hydrogen-bond donors (Lipinski definition) is 2. The number of anilines is 1. The molecule has 1 saturated heterocycles. The van der Waals surface area contributed by atoms with Crippen LogP contribution in [0.1, 0.15) is 30.2 Å². The summed E-state index contributed by atoms with van der Waals surface area (Å²) in [6.45, 7) is 2.75. The van der Waals surface area contributed by atoms with Crippen LogP contribution in [0.4, 0.5) is 10.1 Å². The van der Waals surface area contributed by atoms with Gasteiger partial charge in [0.25, 0.3) is 0 Å². The number of benzene rings is 1. The van der Waals surface area contributed by atoms with E-state index in [4.69, 9.17) is 5.73 Å². The molecule has 2 unspecified atom stereocenters. The average Bonchev–Trinajstić information content (AvgIpc) is 3.33.